The van der Waals surface area contributed by atoms with Crippen molar-refractivity contribution in [3.63, 3.8) is 0 Å². The third kappa shape index (κ3) is 5.62. The predicted octanol–water partition coefficient (Wildman–Crippen LogP) is 2.63. The van der Waals surface area contributed by atoms with Gasteiger partial charge in [-0.05, 0) is 24.1 Å². The van der Waals surface area contributed by atoms with Crippen molar-refractivity contribution in [3.05, 3.63) is 34.9 Å². The smallest absolute Gasteiger partial charge is 0.330 e. The molecular weight excluding hydrogens is 300 g/mol. The summed E-state index contributed by atoms with van der Waals surface area (Å²) in [6, 6.07) is 6.39. The molecule has 0 amide bonds. The number of hydrogen-bond acceptors (Lipinski definition) is 3. The Morgan fingerprint density at radius 1 is 1.25 bits per heavy atom. The average Bonchev–Trinajstić information content (AvgIpc) is 2.39. The molecule has 0 fully saturated rings. The van der Waals surface area contributed by atoms with Crippen LogP contribution >= 0.6 is 11.6 Å². The van der Waals surface area contributed by atoms with E-state index in [0.717, 1.165) is 5.56 Å². The van der Waals surface area contributed by atoms with Crippen molar-refractivity contribution >= 4 is 11.6 Å². The SMILES string of the molecule is NNC(COCC(F)(F)C(F)F)Cc1ccc(Cl)cc1. The monoisotopic (exact) mass is 314 g/mol. The van der Waals surface area contributed by atoms with Gasteiger partial charge in [-0.1, -0.05) is 23.7 Å². The highest BCUT2D eigenvalue weighted by atomic mass is 35.5. The molecule has 0 saturated carbocycles. The molecule has 8 heteroatoms. The molecule has 0 aliphatic rings. The van der Waals surface area contributed by atoms with Crippen LogP contribution in [0, 0.1) is 0 Å². The molecule has 1 unspecified atom stereocenters. The third-order valence-corrected chi connectivity index (χ3v) is 2.82. The normalized spacial score (nSPS) is 13.8. The molecule has 0 saturated heterocycles. The maximum Gasteiger partial charge on any atom is 0.330 e. The van der Waals surface area contributed by atoms with E-state index in [4.69, 9.17) is 17.4 Å². The summed E-state index contributed by atoms with van der Waals surface area (Å²) in [5.74, 6) is 1.12. The summed E-state index contributed by atoms with van der Waals surface area (Å²) in [5, 5.41) is 0.568. The first-order chi connectivity index (χ1) is 9.35. The van der Waals surface area contributed by atoms with E-state index in [0.29, 0.717) is 11.4 Å². The Labute approximate surface area is 119 Å². The van der Waals surface area contributed by atoms with Crippen molar-refractivity contribution in [2.75, 3.05) is 13.2 Å². The van der Waals surface area contributed by atoms with E-state index in [1.165, 1.54) is 0 Å². The van der Waals surface area contributed by atoms with E-state index in [-0.39, 0.29) is 6.61 Å². The molecule has 0 aromatic heterocycles. The molecule has 1 atom stereocenters. The van der Waals surface area contributed by atoms with Gasteiger partial charge in [-0.3, -0.25) is 11.3 Å². The first-order valence-electron chi connectivity index (χ1n) is 5.79. The molecule has 3 nitrogen and oxygen atoms in total. The Balaban J connectivity index is 2.42. The van der Waals surface area contributed by atoms with Gasteiger partial charge in [-0.15, -0.1) is 0 Å². The number of nitrogens with one attached hydrogen (secondary N) is 1. The second kappa shape index (κ2) is 7.78. The van der Waals surface area contributed by atoms with Crippen molar-refractivity contribution < 1.29 is 22.3 Å². The van der Waals surface area contributed by atoms with Crippen molar-refractivity contribution in [2.45, 2.75) is 24.8 Å². The Morgan fingerprint density at radius 2 is 1.85 bits per heavy atom. The number of hydrazine groups is 1. The first-order valence-corrected chi connectivity index (χ1v) is 6.17. The summed E-state index contributed by atoms with van der Waals surface area (Å²) in [4.78, 5) is 0. The second-order valence-electron chi connectivity index (χ2n) is 4.27. The van der Waals surface area contributed by atoms with Crippen LogP contribution in [0.3, 0.4) is 0 Å². The van der Waals surface area contributed by atoms with Gasteiger partial charge in [0.15, 0.2) is 0 Å². The fourth-order valence-electron chi connectivity index (χ4n) is 1.47. The van der Waals surface area contributed by atoms with Crippen molar-refractivity contribution in [3.8, 4) is 0 Å². The van der Waals surface area contributed by atoms with Gasteiger partial charge in [0.2, 0.25) is 0 Å². The maximum atomic E-state index is 12.6. The lowest BCUT2D eigenvalue weighted by atomic mass is 10.1. The molecule has 20 heavy (non-hydrogen) atoms. The van der Waals surface area contributed by atoms with Crippen molar-refractivity contribution in [1.82, 2.24) is 5.43 Å². The standard InChI is InChI=1S/C12H15ClF4N2O/c13-9-3-1-8(2-4-9)5-10(19-18)6-20-7-12(16,17)11(14)15/h1-4,10-11,19H,5-7,18H2. The van der Waals surface area contributed by atoms with Gasteiger partial charge in [0.05, 0.1) is 6.61 Å². The van der Waals surface area contributed by atoms with Gasteiger partial charge in [0, 0.05) is 11.1 Å². The highest BCUT2D eigenvalue weighted by molar-refractivity contribution is 6.30. The third-order valence-electron chi connectivity index (χ3n) is 2.56. The highest BCUT2D eigenvalue weighted by Crippen LogP contribution is 2.22. The summed E-state index contributed by atoms with van der Waals surface area (Å²) in [6.45, 7) is -1.55. The maximum absolute atomic E-state index is 12.6. The van der Waals surface area contributed by atoms with Crippen LogP contribution in [0.5, 0.6) is 0 Å². The predicted molar refractivity (Wildman–Crippen MR) is 68.0 cm³/mol. The van der Waals surface area contributed by atoms with Crippen LogP contribution in [0.4, 0.5) is 17.6 Å². The first kappa shape index (κ1) is 17.2. The molecule has 0 bridgehead atoms. The summed E-state index contributed by atoms with van der Waals surface area (Å²) >= 11 is 5.73. The zero-order valence-electron chi connectivity index (χ0n) is 10.5. The fraction of sp³-hybridized carbons (Fsp3) is 0.500. The van der Waals surface area contributed by atoms with E-state index in [9.17, 15) is 17.6 Å². The van der Waals surface area contributed by atoms with E-state index in [1.807, 2.05) is 0 Å². The lowest BCUT2D eigenvalue weighted by molar-refractivity contribution is -0.167. The van der Waals surface area contributed by atoms with E-state index < -0.39 is 25.0 Å². The van der Waals surface area contributed by atoms with Gasteiger partial charge in [0.1, 0.15) is 6.61 Å². The molecule has 0 radical (unpaired) electrons. The minimum Gasteiger partial charge on any atom is -0.373 e. The molecule has 0 aliphatic heterocycles. The van der Waals surface area contributed by atoms with Crippen LogP contribution in [0.15, 0.2) is 24.3 Å². The number of benzene rings is 1. The topological polar surface area (TPSA) is 47.3 Å². The Kier molecular flexibility index (Phi) is 6.67. The van der Waals surface area contributed by atoms with Crippen molar-refractivity contribution in [2.24, 2.45) is 5.84 Å². The van der Waals surface area contributed by atoms with Gasteiger partial charge in [0.25, 0.3) is 0 Å². The molecule has 1 aromatic carbocycles. The van der Waals surface area contributed by atoms with E-state index >= 15 is 0 Å². The minimum atomic E-state index is -4.15. The molecule has 0 aliphatic carbocycles. The summed E-state index contributed by atoms with van der Waals surface area (Å²) in [5.41, 5.74) is 3.25. The number of alkyl halides is 4. The molecular formula is C12H15ClF4N2O. The summed E-state index contributed by atoms with van der Waals surface area (Å²) in [6.07, 6.45) is -3.35. The van der Waals surface area contributed by atoms with Crippen molar-refractivity contribution in [1.29, 1.82) is 0 Å². The Bertz CT molecular complexity index is 403. The number of nitrogens with two attached hydrogens (primary N) is 1. The van der Waals surface area contributed by atoms with E-state index in [1.54, 1.807) is 24.3 Å². The lowest BCUT2D eigenvalue weighted by Gasteiger charge is -2.19. The Hall–Kier alpha value is -0.890. The second-order valence-corrected chi connectivity index (χ2v) is 4.71. The van der Waals surface area contributed by atoms with Crippen LogP contribution in [-0.2, 0) is 11.2 Å². The molecule has 0 spiro atoms. The lowest BCUT2D eigenvalue weighted by Crippen LogP contribution is -2.42. The van der Waals surface area contributed by atoms with Gasteiger partial charge in [-0.25, -0.2) is 8.78 Å². The number of halogens is 5. The number of hydrogen-bond donors (Lipinski definition) is 2. The van der Waals surface area contributed by atoms with Gasteiger partial charge < -0.3 is 4.74 Å². The molecule has 1 rings (SSSR count). The van der Waals surface area contributed by atoms with Gasteiger partial charge >= 0.3 is 12.3 Å². The summed E-state index contributed by atoms with van der Waals surface area (Å²) < 4.78 is 53.7. The zero-order chi connectivity index (χ0) is 15.2. The zero-order valence-corrected chi connectivity index (χ0v) is 11.2. The van der Waals surface area contributed by atoms with Crippen LogP contribution in [0.25, 0.3) is 0 Å². The molecule has 114 valence electrons. The van der Waals surface area contributed by atoms with Gasteiger partial charge in [-0.2, -0.15) is 8.78 Å². The highest BCUT2D eigenvalue weighted by Gasteiger charge is 2.41. The van der Waals surface area contributed by atoms with E-state index in [2.05, 4.69) is 10.2 Å². The number of rotatable bonds is 8. The average molecular weight is 315 g/mol. The molecule has 0 heterocycles. The minimum absolute atomic E-state index is 0.207. The number of ether oxygens (including phenoxy) is 1. The Morgan fingerprint density at radius 3 is 2.35 bits per heavy atom. The van der Waals surface area contributed by atoms with Crippen LogP contribution in [0.1, 0.15) is 5.56 Å². The molecule has 1 aromatic rings. The van der Waals surface area contributed by atoms with Crippen LogP contribution in [-0.4, -0.2) is 31.6 Å². The largest absolute Gasteiger partial charge is 0.373 e. The molecule has 3 N–H and O–H groups in total. The van der Waals surface area contributed by atoms with Crippen LogP contribution in [0.2, 0.25) is 5.02 Å². The fourth-order valence-corrected chi connectivity index (χ4v) is 1.60. The van der Waals surface area contributed by atoms with Crippen LogP contribution < -0.4 is 11.3 Å². The quantitative estimate of drug-likeness (QED) is 0.440. The summed E-state index contributed by atoms with van der Waals surface area (Å²) in [7, 11) is 0.